The van der Waals surface area contributed by atoms with E-state index in [1.54, 1.807) is 7.11 Å². The summed E-state index contributed by atoms with van der Waals surface area (Å²) in [6.07, 6.45) is 2.04. The standard InChI is InChI=1S/C12H15BrO2/c1-9(2)4-5-15-12-7-10(13)6-11(8-12)14-3/h4,6-8H,5H2,1-3H3. The van der Waals surface area contributed by atoms with Crippen molar-refractivity contribution in [1.82, 2.24) is 0 Å². The van der Waals surface area contributed by atoms with Gasteiger partial charge in [0.2, 0.25) is 0 Å². The molecule has 0 fully saturated rings. The highest BCUT2D eigenvalue weighted by molar-refractivity contribution is 9.10. The molecule has 0 N–H and O–H groups in total. The van der Waals surface area contributed by atoms with Gasteiger partial charge in [-0.05, 0) is 32.1 Å². The summed E-state index contributed by atoms with van der Waals surface area (Å²) in [5.74, 6) is 1.59. The molecule has 1 aromatic rings. The zero-order valence-electron chi connectivity index (χ0n) is 9.21. The molecule has 0 heterocycles. The summed E-state index contributed by atoms with van der Waals surface area (Å²) in [5.41, 5.74) is 1.25. The fourth-order valence-corrected chi connectivity index (χ4v) is 1.49. The van der Waals surface area contributed by atoms with Crippen LogP contribution in [0.3, 0.4) is 0 Å². The van der Waals surface area contributed by atoms with Crippen LogP contribution in [-0.4, -0.2) is 13.7 Å². The average molecular weight is 271 g/mol. The quantitative estimate of drug-likeness (QED) is 0.775. The molecule has 0 amide bonds. The van der Waals surface area contributed by atoms with E-state index in [4.69, 9.17) is 9.47 Å². The molecule has 0 saturated carbocycles. The number of rotatable bonds is 4. The van der Waals surface area contributed by atoms with Crippen molar-refractivity contribution in [3.05, 3.63) is 34.3 Å². The smallest absolute Gasteiger partial charge is 0.124 e. The summed E-state index contributed by atoms with van der Waals surface area (Å²) in [6, 6.07) is 5.68. The minimum atomic E-state index is 0.585. The minimum absolute atomic E-state index is 0.585. The first kappa shape index (κ1) is 12.1. The summed E-state index contributed by atoms with van der Waals surface area (Å²) in [7, 11) is 1.64. The van der Waals surface area contributed by atoms with E-state index in [1.807, 2.05) is 38.1 Å². The van der Waals surface area contributed by atoms with Crippen molar-refractivity contribution in [3.63, 3.8) is 0 Å². The van der Waals surface area contributed by atoms with Crippen LogP contribution in [0.15, 0.2) is 34.3 Å². The Kier molecular flexibility index (Phi) is 4.69. The van der Waals surface area contributed by atoms with Crippen LogP contribution in [0.25, 0.3) is 0 Å². The fourth-order valence-electron chi connectivity index (χ4n) is 1.04. The monoisotopic (exact) mass is 270 g/mol. The van der Waals surface area contributed by atoms with Gasteiger partial charge in [-0.15, -0.1) is 0 Å². The van der Waals surface area contributed by atoms with Crippen LogP contribution < -0.4 is 9.47 Å². The third-order valence-electron chi connectivity index (χ3n) is 1.82. The van der Waals surface area contributed by atoms with E-state index in [-0.39, 0.29) is 0 Å². The van der Waals surface area contributed by atoms with E-state index in [1.165, 1.54) is 5.57 Å². The van der Waals surface area contributed by atoms with Gasteiger partial charge in [-0.1, -0.05) is 21.5 Å². The van der Waals surface area contributed by atoms with E-state index in [9.17, 15) is 0 Å². The van der Waals surface area contributed by atoms with Gasteiger partial charge in [0, 0.05) is 10.5 Å². The first-order valence-electron chi connectivity index (χ1n) is 4.72. The lowest BCUT2D eigenvalue weighted by Gasteiger charge is -2.07. The van der Waals surface area contributed by atoms with Crippen molar-refractivity contribution in [2.24, 2.45) is 0 Å². The van der Waals surface area contributed by atoms with Gasteiger partial charge in [-0.2, -0.15) is 0 Å². The maximum Gasteiger partial charge on any atom is 0.124 e. The van der Waals surface area contributed by atoms with Crippen LogP contribution in [0, 0.1) is 0 Å². The number of allylic oxidation sites excluding steroid dienone is 1. The second-order valence-electron chi connectivity index (χ2n) is 3.42. The first-order chi connectivity index (χ1) is 7.11. The van der Waals surface area contributed by atoms with Crippen molar-refractivity contribution in [3.8, 4) is 11.5 Å². The van der Waals surface area contributed by atoms with Crippen LogP contribution in [0.2, 0.25) is 0 Å². The Morgan fingerprint density at radius 3 is 2.53 bits per heavy atom. The molecule has 0 saturated heterocycles. The van der Waals surface area contributed by atoms with Gasteiger partial charge in [-0.3, -0.25) is 0 Å². The Morgan fingerprint density at radius 2 is 1.93 bits per heavy atom. The van der Waals surface area contributed by atoms with Crippen molar-refractivity contribution in [2.75, 3.05) is 13.7 Å². The lowest BCUT2D eigenvalue weighted by Crippen LogP contribution is -1.94. The number of benzene rings is 1. The van der Waals surface area contributed by atoms with Crippen LogP contribution >= 0.6 is 15.9 Å². The Balaban J connectivity index is 2.68. The van der Waals surface area contributed by atoms with Crippen molar-refractivity contribution >= 4 is 15.9 Å². The molecule has 0 spiro atoms. The van der Waals surface area contributed by atoms with Gasteiger partial charge in [-0.25, -0.2) is 0 Å². The largest absolute Gasteiger partial charge is 0.497 e. The second kappa shape index (κ2) is 5.81. The third-order valence-corrected chi connectivity index (χ3v) is 2.28. The molecule has 0 aliphatic heterocycles. The summed E-state index contributed by atoms with van der Waals surface area (Å²) in [5, 5.41) is 0. The van der Waals surface area contributed by atoms with E-state index < -0.39 is 0 Å². The van der Waals surface area contributed by atoms with Gasteiger partial charge in [0.15, 0.2) is 0 Å². The highest BCUT2D eigenvalue weighted by Gasteiger charge is 1.99. The summed E-state index contributed by atoms with van der Waals surface area (Å²) in [4.78, 5) is 0. The number of hydrogen-bond acceptors (Lipinski definition) is 2. The summed E-state index contributed by atoms with van der Waals surface area (Å²) in [6.45, 7) is 4.68. The fraction of sp³-hybridized carbons (Fsp3) is 0.333. The predicted octanol–water partition coefficient (Wildman–Crippen LogP) is 3.80. The van der Waals surface area contributed by atoms with Crippen LogP contribution in [-0.2, 0) is 0 Å². The van der Waals surface area contributed by atoms with E-state index in [0.717, 1.165) is 16.0 Å². The Hall–Kier alpha value is -0.960. The van der Waals surface area contributed by atoms with Gasteiger partial charge >= 0.3 is 0 Å². The van der Waals surface area contributed by atoms with Crippen LogP contribution in [0.1, 0.15) is 13.8 Å². The van der Waals surface area contributed by atoms with Gasteiger partial charge in [0.25, 0.3) is 0 Å². The number of hydrogen-bond donors (Lipinski definition) is 0. The molecule has 0 bridgehead atoms. The van der Waals surface area contributed by atoms with Gasteiger partial charge in [0.05, 0.1) is 7.11 Å². The minimum Gasteiger partial charge on any atom is -0.497 e. The molecule has 15 heavy (non-hydrogen) atoms. The second-order valence-corrected chi connectivity index (χ2v) is 4.33. The summed E-state index contributed by atoms with van der Waals surface area (Å²) >= 11 is 3.40. The van der Waals surface area contributed by atoms with Crippen molar-refractivity contribution in [1.29, 1.82) is 0 Å². The summed E-state index contributed by atoms with van der Waals surface area (Å²) < 4.78 is 11.6. The highest BCUT2D eigenvalue weighted by atomic mass is 79.9. The highest BCUT2D eigenvalue weighted by Crippen LogP contribution is 2.26. The Morgan fingerprint density at radius 1 is 1.27 bits per heavy atom. The molecule has 1 aromatic carbocycles. The van der Waals surface area contributed by atoms with Crippen molar-refractivity contribution in [2.45, 2.75) is 13.8 Å². The zero-order chi connectivity index (χ0) is 11.3. The SMILES string of the molecule is COc1cc(Br)cc(OCC=C(C)C)c1. The van der Waals surface area contributed by atoms with E-state index >= 15 is 0 Å². The Labute approximate surface area is 99.0 Å². The third kappa shape index (κ3) is 4.38. The molecule has 2 nitrogen and oxygen atoms in total. The molecule has 0 unspecified atom stereocenters. The van der Waals surface area contributed by atoms with Crippen LogP contribution in [0.5, 0.6) is 11.5 Å². The molecule has 82 valence electrons. The van der Waals surface area contributed by atoms with Crippen molar-refractivity contribution < 1.29 is 9.47 Å². The molecular weight excluding hydrogens is 256 g/mol. The molecule has 1 rings (SSSR count). The molecule has 0 atom stereocenters. The molecule has 0 aromatic heterocycles. The maximum atomic E-state index is 5.55. The maximum absolute atomic E-state index is 5.55. The van der Waals surface area contributed by atoms with E-state index in [0.29, 0.717) is 6.61 Å². The molecule has 0 aliphatic carbocycles. The van der Waals surface area contributed by atoms with Gasteiger partial charge in [0.1, 0.15) is 18.1 Å². The van der Waals surface area contributed by atoms with Gasteiger partial charge < -0.3 is 9.47 Å². The van der Waals surface area contributed by atoms with E-state index in [2.05, 4.69) is 15.9 Å². The predicted molar refractivity (Wildman–Crippen MR) is 65.6 cm³/mol. The number of ether oxygens (including phenoxy) is 2. The van der Waals surface area contributed by atoms with Crippen LogP contribution in [0.4, 0.5) is 0 Å². The lowest BCUT2D eigenvalue weighted by atomic mass is 10.3. The Bertz CT molecular complexity index is 355. The number of methoxy groups -OCH3 is 1. The number of halogens is 1. The molecule has 3 heteroatoms. The molecular formula is C12H15BrO2. The normalized spacial score (nSPS) is 9.60. The molecule has 0 radical (unpaired) electrons. The topological polar surface area (TPSA) is 18.5 Å². The average Bonchev–Trinajstić information content (AvgIpc) is 2.16. The first-order valence-corrected chi connectivity index (χ1v) is 5.52. The zero-order valence-corrected chi connectivity index (χ0v) is 10.8. The molecule has 0 aliphatic rings. The lowest BCUT2D eigenvalue weighted by molar-refractivity contribution is 0.355.